The van der Waals surface area contributed by atoms with Crippen LogP contribution in [0.2, 0.25) is 0 Å². The lowest BCUT2D eigenvalue weighted by Gasteiger charge is -2.00. The van der Waals surface area contributed by atoms with Crippen molar-refractivity contribution in [3.8, 4) is 22.8 Å². The van der Waals surface area contributed by atoms with Crippen LogP contribution in [0.15, 0.2) is 82.1 Å². The Kier molecular flexibility index (Phi) is 4.90. The number of carbonyl (C=O) groups excluding carboxylic acids is 1. The van der Waals surface area contributed by atoms with Gasteiger partial charge in [0.25, 0.3) is 5.95 Å². The minimum Gasteiger partial charge on any atom is -0.508 e. The summed E-state index contributed by atoms with van der Waals surface area (Å²) in [5.41, 5.74) is 2.30. The number of thioether (sulfide) groups is 1. The molecule has 0 aliphatic rings. The van der Waals surface area contributed by atoms with Crippen molar-refractivity contribution in [1.82, 2.24) is 0 Å². The Bertz CT molecular complexity index is 1230. The van der Waals surface area contributed by atoms with Crippen LogP contribution in [0.4, 0.5) is 0 Å². The van der Waals surface area contributed by atoms with E-state index in [0.717, 1.165) is 17.3 Å². The van der Waals surface area contributed by atoms with E-state index in [0.29, 0.717) is 31.5 Å². The number of rotatable bonds is 3. The summed E-state index contributed by atoms with van der Waals surface area (Å²) in [5.74, 6) is -0.0861. The zero-order valence-electron chi connectivity index (χ0n) is 14.5. The van der Waals surface area contributed by atoms with Crippen molar-refractivity contribution in [1.29, 1.82) is 0 Å². The van der Waals surface area contributed by atoms with Crippen LogP contribution in [0, 0.1) is 4.51 Å². The molecular weight excluding hydrogens is 392 g/mol. The molecule has 0 unspecified atom stereocenters. The maximum atomic E-state index is 12.6. The molecule has 28 heavy (non-hydrogen) atoms. The largest absolute Gasteiger partial charge is 0.508 e. The number of aromatic hydroxyl groups is 2. The van der Waals surface area contributed by atoms with Gasteiger partial charge in [0.15, 0.2) is 0 Å². The zero-order valence-corrected chi connectivity index (χ0v) is 16.1. The fourth-order valence-electron chi connectivity index (χ4n) is 2.87. The van der Waals surface area contributed by atoms with Gasteiger partial charge in [-0.3, -0.25) is 4.79 Å². The predicted octanol–water partition coefficient (Wildman–Crippen LogP) is 6.17. The van der Waals surface area contributed by atoms with Crippen molar-refractivity contribution in [3.63, 3.8) is 0 Å². The van der Waals surface area contributed by atoms with E-state index in [1.807, 2.05) is 30.3 Å². The molecule has 4 rings (SSSR count). The maximum Gasteiger partial charge on any atom is 0.291 e. The van der Waals surface area contributed by atoms with E-state index in [9.17, 15) is 15.0 Å². The summed E-state index contributed by atoms with van der Waals surface area (Å²) in [6, 6.07) is 20.6. The summed E-state index contributed by atoms with van der Waals surface area (Å²) < 4.78 is 6.07. The first-order valence-electron chi connectivity index (χ1n) is 8.39. The van der Waals surface area contributed by atoms with E-state index in [-0.39, 0.29) is 16.8 Å². The normalized spacial score (nSPS) is 10.9. The number of hydrogen-bond acceptors (Lipinski definition) is 6. The number of benzene rings is 2. The molecule has 0 saturated carbocycles. The van der Waals surface area contributed by atoms with Crippen LogP contribution >= 0.6 is 24.0 Å². The molecule has 4 aromatic rings. The van der Waals surface area contributed by atoms with Crippen LogP contribution < -0.4 is 0 Å². The van der Waals surface area contributed by atoms with Crippen molar-refractivity contribution in [2.45, 2.75) is 4.90 Å². The zero-order chi connectivity index (χ0) is 19.7. The quantitative estimate of drug-likeness (QED) is 0.313. The molecule has 6 heteroatoms. The summed E-state index contributed by atoms with van der Waals surface area (Å²) in [5, 5.41) is 20.2. The third-order valence-electron chi connectivity index (χ3n) is 4.23. The first-order valence-corrected chi connectivity index (χ1v) is 9.62. The Hall–Kier alpha value is -3.09. The number of phenols is 1. The Morgan fingerprint density at radius 2 is 1.64 bits per heavy atom. The van der Waals surface area contributed by atoms with Crippen LogP contribution in [0.3, 0.4) is 0 Å². The standard InChI is InChI=1S/C22H14O4S2/c23-15-8-6-14(7-9-15)22(25)28-19-12-17-16(10-11-18(19)27)20(21(24)26-17)13-4-2-1-3-5-13/h1-12,23-24H. The Balaban J connectivity index is 1.79. The van der Waals surface area contributed by atoms with Gasteiger partial charge in [-0.1, -0.05) is 42.5 Å². The summed E-state index contributed by atoms with van der Waals surface area (Å²) in [6.07, 6.45) is 0. The summed E-state index contributed by atoms with van der Waals surface area (Å²) in [7, 11) is 0. The second-order valence-electron chi connectivity index (χ2n) is 6.07. The fraction of sp³-hybridized carbons (Fsp3) is 0. The van der Waals surface area contributed by atoms with Gasteiger partial charge in [-0.15, -0.1) is 0 Å². The van der Waals surface area contributed by atoms with E-state index in [4.69, 9.17) is 16.6 Å². The Morgan fingerprint density at radius 1 is 0.929 bits per heavy atom. The van der Waals surface area contributed by atoms with Gasteiger partial charge < -0.3 is 14.6 Å². The van der Waals surface area contributed by atoms with Crippen LogP contribution in [0.1, 0.15) is 10.4 Å². The van der Waals surface area contributed by atoms with Crippen molar-refractivity contribution in [2.75, 3.05) is 0 Å². The van der Waals surface area contributed by atoms with E-state index in [1.165, 1.54) is 12.1 Å². The third kappa shape index (κ3) is 3.52. The molecule has 0 spiro atoms. The number of phenolic OH excluding ortho intramolecular Hbond substituents is 1. The highest BCUT2D eigenvalue weighted by atomic mass is 32.2. The number of carbonyl (C=O) groups is 1. The first kappa shape index (κ1) is 18.3. The molecule has 1 aromatic heterocycles. The highest BCUT2D eigenvalue weighted by Crippen LogP contribution is 2.40. The average molecular weight is 406 g/mol. The Labute approximate surface area is 170 Å². The summed E-state index contributed by atoms with van der Waals surface area (Å²) in [6.45, 7) is 0. The highest BCUT2D eigenvalue weighted by Gasteiger charge is 2.16. The molecule has 0 bridgehead atoms. The predicted molar refractivity (Wildman–Crippen MR) is 112 cm³/mol. The van der Waals surface area contributed by atoms with Gasteiger partial charge >= 0.3 is 0 Å². The third-order valence-corrected chi connectivity index (χ3v) is 5.69. The van der Waals surface area contributed by atoms with Gasteiger partial charge in [0.2, 0.25) is 5.12 Å². The van der Waals surface area contributed by atoms with E-state index in [2.05, 4.69) is 0 Å². The molecule has 1 heterocycles. The molecule has 0 atom stereocenters. The molecule has 0 fully saturated rings. The van der Waals surface area contributed by atoms with E-state index >= 15 is 0 Å². The van der Waals surface area contributed by atoms with Gasteiger partial charge in [0.05, 0.1) is 10.1 Å². The molecule has 0 aliphatic carbocycles. The monoisotopic (exact) mass is 406 g/mol. The minimum absolute atomic E-state index is 0.0952. The van der Waals surface area contributed by atoms with Crippen LogP contribution in [-0.4, -0.2) is 15.3 Å². The maximum absolute atomic E-state index is 12.6. The van der Waals surface area contributed by atoms with Gasteiger partial charge in [-0.05, 0) is 59.8 Å². The second-order valence-corrected chi connectivity index (χ2v) is 7.52. The molecule has 138 valence electrons. The lowest BCUT2D eigenvalue weighted by atomic mass is 10.1. The smallest absolute Gasteiger partial charge is 0.291 e. The molecule has 0 saturated heterocycles. The van der Waals surface area contributed by atoms with Crippen molar-refractivity contribution < 1.29 is 19.4 Å². The molecule has 0 radical (unpaired) electrons. The summed E-state index contributed by atoms with van der Waals surface area (Å²) >= 11 is 6.42. The van der Waals surface area contributed by atoms with Gasteiger partial charge in [0.1, 0.15) is 11.3 Å². The molecule has 0 amide bonds. The SMILES string of the molecule is O=C(Sc1cc2oc(O)c(-c3ccccc3)c2ccc1=S)c1ccc(O)cc1. The topological polar surface area (TPSA) is 70.7 Å². The van der Waals surface area contributed by atoms with Gasteiger partial charge in [0, 0.05) is 15.8 Å². The second kappa shape index (κ2) is 7.50. The number of fused-ring (bicyclic) bond motifs is 1. The van der Waals surface area contributed by atoms with Crippen LogP contribution in [0.25, 0.3) is 22.1 Å². The van der Waals surface area contributed by atoms with Crippen LogP contribution in [0.5, 0.6) is 11.7 Å². The Morgan fingerprint density at radius 3 is 2.36 bits per heavy atom. The minimum atomic E-state index is -0.204. The molecular formula is C22H14O4S2. The first-order chi connectivity index (χ1) is 13.5. The van der Waals surface area contributed by atoms with E-state index in [1.54, 1.807) is 30.3 Å². The molecule has 0 aliphatic heterocycles. The van der Waals surface area contributed by atoms with Crippen molar-refractivity contribution in [3.05, 3.63) is 82.9 Å². The van der Waals surface area contributed by atoms with E-state index < -0.39 is 0 Å². The lowest BCUT2D eigenvalue weighted by molar-refractivity contribution is 0.108. The molecule has 2 N–H and O–H groups in total. The average Bonchev–Trinajstić information content (AvgIpc) is 2.93. The van der Waals surface area contributed by atoms with Crippen molar-refractivity contribution in [2.24, 2.45) is 0 Å². The fourth-order valence-corrected chi connectivity index (χ4v) is 3.91. The number of hydrogen-bond donors (Lipinski definition) is 2. The molecule has 3 aromatic carbocycles. The van der Waals surface area contributed by atoms with Crippen molar-refractivity contribution >= 4 is 40.1 Å². The van der Waals surface area contributed by atoms with Gasteiger partial charge in [-0.2, -0.15) is 0 Å². The van der Waals surface area contributed by atoms with Gasteiger partial charge in [-0.25, -0.2) is 0 Å². The number of furan rings is 1. The molecule has 4 nitrogen and oxygen atoms in total. The highest BCUT2D eigenvalue weighted by molar-refractivity contribution is 8.14. The lowest BCUT2D eigenvalue weighted by Crippen LogP contribution is -1.92. The van der Waals surface area contributed by atoms with Crippen LogP contribution in [-0.2, 0) is 0 Å². The summed E-state index contributed by atoms with van der Waals surface area (Å²) in [4.78, 5) is 13.1.